The maximum atomic E-state index is 8.71. The van der Waals surface area contributed by atoms with E-state index in [1.165, 1.54) is 0 Å². The van der Waals surface area contributed by atoms with E-state index in [0.29, 0.717) is 0 Å². The predicted octanol–water partition coefficient (Wildman–Crippen LogP) is 2.77. The van der Waals surface area contributed by atoms with Gasteiger partial charge in [-0.2, -0.15) is 5.26 Å². The molecule has 0 N–H and O–H groups in total. The molecule has 2 rings (SSSR count). The Labute approximate surface area is 68.5 Å². The van der Waals surface area contributed by atoms with Gasteiger partial charge in [0.1, 0.15) is 6.07 Å². The van der Waals surface area contributed by atoms with Crippen LogP contribution in [-0.4, -0.2) is 0 Å². The lowest BCUT2D eigenvalue weighted by Crippen LogP contribution is -1.70. The number of fused-ring (bicyclic) bond motifs is 1. The Morgan fingerprint density at radius 3 is 3.00 bits per heavy atom. The number of nitriles is 1. The van der Waals surface area contributed by atoms with E-state index in [1.54, 1.807) is 11.3 Å². The second-order valence-corrected chi connectivity index (χ2v) is 3.17. The maximum absolute atomic E-state index is 8.71. The number of benzene rings is 1. The Balaban J connectivity index is 2.92. The molecule has 0 atom stereocenters. The van der Waals surface area contributed by atoms with Crippen molar-refractivity contribution in [2.75, 3.05) is 0 Å². The molecule has 0 aliphatic rings. The molecule has 1 aromatic heterocycles. The van der Waals surface area contributed by atoms with Crippen LogP contribution in [0.4, 0.5) is 0 Å². The maximum Gasteiger partial charge on any atom is 0.101 e. The molecule has 0 aliphatic heterocycles. The molecule has 0 radical (unpaired) electrons. The fourth-order valence-corrected chi connectivity index (χ4v) is 1.94. The molecule has 0 aliphatic carbocycles. The molecule has 0 amide bonds. The van der Waals surface area contributed by atoms with E-state index >= 15 is 0 Å². The number of hydrogen-bond donors (Lipinski definition) is 0. The second kappa shape index (κ2) is 2.37. The van der Waals surface area contributed by atoms with E-state index in [4.69, 9.17) is 5.26 Å². The fraction of sp³-hybridized carbons (Fsp3) is 0. The van der Waals surface area contributed by atoms with Gasteiger partial charge in [0.05, 0.1) is 10.3 Å². The van der Waals surface area contributed by atoms with E-state index in [-0.39, 0.29) is 0 Å². The van der Waals surface area contributed by atoms with Gasteiger partial charge in [0.25, 0.3) is 0 Å². The Hall–Kier alpha value is -1.33. The minimum absolute atomic E-state index is 0.775. The molecule has 0 unspecified atom stereocenters. The van der Waals surface area contributed by atoms with Crippen LogP contribution in [-0.2, 0) is 0 Å². The normalized spacial score (nSPS) is 9.73. The van der Waals surface area contributed by atoms with Crippen LogP contribution in [0.25, 0.3) is 10.1 Å². The molecular formula is C9H5NS. The van der Waals surface area contributed by atoms with E-state index in [2.05, 4.69) is 6.07 Å². The third-order valence-corrected chi connectivity index (χ3v) is 2.56. The number of nitrogens with zero attached hydrogens (tertiary/aromatic N) is 1. The van der Waals surface area contributed by atoms with Crippen molar-refractivity contribution in [1.82, 2.24) is 0 Å². The van der Waals surface area contributed by atoms with Gasteiger partial charge in [0.15, 0.2) is 0 Å². The van der Waals surface area contributed by atoms with Gasteiger partial charge in [-0.3, -0.25) is 0 Å². The summed E-state index contributed by atoms with van der Waals surface area (Å²) in [4.78, 5) is 0. The number of hydrogen-bond acceptors (Lipinski definition) is 2. The summed E-state index contributed by atoms with van der Waals surface area (Å²) in [6.45, 7) is 0. The first-order valence-corrected chi connectivity index (χ1v) is 4.16. The largest absolute Gasteiger partial charge is 0.192 e. The van der Waals surface area contributed by atoms with Crippen LogP contribution in [0.15, 0.2) is 29.6 Å². The third-order valence-electron chi connectivity index (χ3n) is 1.60. The molecule has 0 bridgehead atoms. The van der Waals surface area contributed by atoms with Gasteiger partial charge >= 0.3 is 0 Å². The van der Waals surface area contributed by atoms with Crippen LogP contribution in [0.5, 0.6) is 0 Å². The van der Waals surface area contributed by atoms with E-state index in [9.17, 15) is 0 Å². The number of thiophene rings is 1. The van der Waals surface area contributed by atoms with Crippen LogP contribution >= 0.6 is 11.3 Å². The average Bonchev–Trinajstić information content (AvgIpc) is 2.50. The highest BCUT2D eigenvalue weighted by Crippen LogP contribution is 2.23. The minimum atomic E-state index is 0.775. The quantitative estimate of drug-likeness (QED) is 0.579. The van der Waals surface area contributed by atoms with Crippen LogP contribution < -0.4 is 0 Å². The smallest absolute Gasteiger partial charge is 0.101 e. The van der Waals surface area contributed by atoms with Gasteiger partial charge < -0.3 is 0 Å². The van der Waals surface area contributed by atoms with Crippen molar-refractivity contribution in [1.29, 1.82) is 5.26 Å². The summed E-state index contributed by atoms with van der Waals surface area (Å²) in [7, 11) is 0. The molecule has 0 saturated carbocycles. The first-order chi connectivity index (χ1) is 5.42. The highest BCUT2D eigenvalue weighted by Gasteiger charge is 1.98. The highest BCUT2D eigenvalue weighted by molar-refractivity contribution is 7.17. The van der Waals surface area contributed by atoms with Crippen molar-refractivity contribution in [3.8, 4) is 6.07 Å². The zero-order chi connectivity index (χ0) is 7.68. The monoisotopic (exact) mass is 159 g/mol. The zero-order valence-corrected chi connectivity index (χ0v) is 6.56. The minimum Gasteiger partial charge on any atom is -0.192 e. The zero-order valence-electron chi connectivity index (χ0n) is 5.74. The van der Waals surface area contributed by atoms with E-state index in [0.717, 1.165) is 15.6 Å². The Kier molecular flexibility index (Phi) is 1.38. The molecule has 1 nitrogen and oxygen atoms in total. The van der Waals surface area contributed by atoms with Crippen molar-refractivity contribution in [2.45, 2.75) is 0 Å². The lowest BCUT2D eigenvalue weighted by molar-refractivity contribution is 1.51. The Morgan fingerprint density at radius 2 is 2.18 bits per heavy atom. The van der Waals surface area contributed by atoms with Crippen LogP contribution in [0.2, 0.25) is 0 Å². The van der Waals surface area contributed by atoms with E-state index in [1.807, 2.05) is 29.6 Å². The summed E-state index contributed by atoms with van der Waals surface area (Å²) in [5, 5.41) is 11.9. The lowest BCUT2D eigenvalue weighted by Gasteiger charge is -1.89. The van der Waals surface area contributed by atoms with Crippen LogP contribution in [0.3, 0.4) is 0 Å². The van der Waals surface area contributed by atoms with Gasteiger partial charge in [0, 0.05) is 0 Å². The van der Waals surface area contributed by atoms with Crippen molar-refractivity contribution in [3.05, 3.63) is 35.2 Å². The first kappa shape index (κ1) is 6.38. The molecule has 2 heteroatoms. The summed E-state index contributed by atoms with van der Waals surface area (Å²) in [5.41, 5.74) is 0.775. The van der Waals surface area contributed by atoms with Gasteiger partial charge in [-0.1, -0.05) is 12.1 Å². The molecule has 0 spiro atoms. The van der Waals surface area contributed by atoms with Gasteiger partial charge in [-0.05, 0) is 22.9 Å². The van der Waals surface area contributed by atoms with Crippen LogP contribution in [0.1, 0.15) is 5.56 Å². The second-order valence-electron chi connectivity index (χ2n) is 2.26. The van der Waals surface area contributed by atoms with Crippen molar-refractivity contribution < 1.29 is 0 Å². The third kappa shape index (κ3) is 0.903. The van der Waals surface area contributed by atoms with Gasteiger partial charge in [0.2, 0.25) is 0 Å². The molecule has 52 valence electrons. The number of rotatable bonds is 0. The highest BCUT2D eigenvalue weighted by atomic mass is 32.1. The summed E-state index contributed by atoms with van der Waals surface area (Å²) in [5.74, 6) is 0. The summed E-state index contributed by atoms with van der Waals surface area (Å²) < 4.78 is 1.09. The van der Waals surface area contributed by atoms with Crippen LogP contribution in [0, 0.1) is 11.3 Å². The molecule has 2 aromatic rings. The Morgan fingerprint density at radius 1 is 1.27 bits per heavy atom. The van der Waals surface area contributed by atoms with Crippen molar-refractivity contribution in [2.24, 2.45) is 0 Å². The summed E-state index contributed by atoms with van der Waals surface area (Å²) in [6.07, 6.45) is 0. The average molecular weight is 159 g/mol. The lowest BCUT2D eigenvalue weighted by atomic mass is 10.2. The fourth-order valence-electron chi connectivity index (χ4n) is 1.08. The molecular weight excluding hydrogens is 154 g/mol. The first-order valence-electron chi connectivity index (χ1n) is 3.28. The topological polar surface area (TPSA) is 23.8 Å². The molecule has 1 heterocycles. The summed E-state index contributed by atoms with van der Waals surface area (Å²) in [6, 6.07) is 9.97. The summed E-state index contributed by atoms with van der Waals surface area (Å²) >= 11 is 1.62. The van der Waals surface area contributed by atoms with Crippen molar-refractivity contribution in [3.63, 3.8) is 0 Å². The van der Waals surface area contributed by atoms with Gasteiger partial charge in [-0.25, -0.2) is 0 Å². The molecule has 1 aromatic carbocycles. The SMILES string of the molecule is N#Cc1cccc2ccsc12. The van der Waals surface area contributed by atoms with Crippen molar-refractivity contribution >= 4 is 21.4 Å². The molecule has 0 fully saturated rings. The van der Waals surface area contributed by atoms with Gasteiger partial charge in [-0.15, -0.1) is 11.3 Å². The predicted molar refractivity (Wildman–Crippen MR) is 46.5 cm³/mol. The van der Waals surface area contributed by atoms with E-state index < -0.39 is 0 Å². The molecule has 11 heavy (non-hydrogen) atoms. The Bertz CT molecular complexity index is 422. The molecule has 0 saturated heterocycles. The standard InChI is InChI=1S/C9H5NS/c10-6-8-3-1-2-7-4-5-11-9(7)8/h1-5H.